The number of ether oxygens (including phenoxy) is 1. The second-order valence-electron chi connectivity index (χ2n) is 6.28. The fourth-order valence-corrected chi connectivity index (χ4v) is 3.28. The van der Waals surface area contributed by atoms with Gasteiger partial charge in [-0.05, 0) is 42.0 Å². The van der Waals surface area contributed by atoms with Crippen LogP contribution in [0.4, 0.5) is 5.82 Å². The number of hydrogen-bond acceptors (Lipinski definition) is 4. The summed E-state index contributed by atoms with van der Waals surface area (Å²) in [6, 6.07) is 14.0. The Morgan fingerprint density at radius 3 is 2.52 bits per heavy atom. The highest BCUT2D eigenvalue weighted by Crippen LogP contribution is 2.37. The molecule has 4 rings (SSSR count). The summed E-state index contributed by atoms with van der Waals surface area (Å²) in [5.41, 5.74) is 2.68. The number of nitrogens with zero attached hydrogens (tertiary/aromatic N) is 2. The number of methoxy groups -OCH3 is 1. The van der Waals surface area contributed by atoms with E-state index in [4.69, 9.17) is 9.84 Å². The lowest BCUT2D eigenvalue weighted by Crippen LogP contribution is -2.24. The molecular formula is C20H17N3O4. The Bertz CT molecular complexity index is 1010. The average molecular weight is 363 g/mol. The van der Waals surface area contributed by atoms with Crippen LogP contribution in [0, 0.1) is 0 Å². The lowest BCUT2D eigenvalue weighted by Gasteiger charge is -2.23. The van der Waals surface area contributed by atoms with E-state index in [0.717, 1.165) is 22.7 Å². The largest absolute Gasteiger partial charge is 0.497 e. The molecule has 1 atom stereocenters. The standard InChI is InChI=1S/C20H17N3O4/c1-27-15-8-6-14(7-9-15)23-11-21-18-16(10-17(24)22-19(18)23)12-2-4-13(5-3-12)20(25)26/h2-9,11,16H,10H2,1H3,(H,22,24)(H,25,26). The molecule has 7 heteroatoms. The molecule has 136 valence electrons. The predicted molar refractivity (Wildman–Crippen MR) is 98.6 cm³/mol. The van der Waals surface area contributed by atoms with E-state index in [0.29, 0.717) is 5.82 Å². The molecule has 3 aromatic rings. The van der Waals surface area contributed by atoms with Gasteiger partial charge >= 0.3 is 5.97 Å². The van der Waals surface area contributed by atoms with E-state index >= 15 is 0 Å². The van der Waals surface area contributed by atoms with Crippen LogP contribution in [0.5, 0.6) is 5.75 Å². The van der Waals surface area contributed by atoms with Gasteiger partial charge in [-0.1, -0.05) is 12.1 Å². The molecule has 0 saturated heterocycles. The SMILES string of the molecule is COc1ccc(-n2cnc3c2NC(=O)CC3c2ccc(C(=O)O)cc2)cc1. The number of carboxylic acids is 1. The van der Waals surface area contributed by atoms with Gasteiger partial charge in [-0.15, -0.1) is 0 Å². The van der Waals surface area contributed by atoms with Crippen molar-refractivity contribution in [2.24, 2.45) is 0 Å². The van der Waals surface area contributed by atoms with Crippen LogP contribution >= 0.6 is 0 Å². The van der Waals surface area contributed by atoms with Crippen LogP contribution < -0.4 is 10.1 Å². The molecule has 0 fully saturated rings. The number of benzene rings is 2. The van der Waals surface area contributed by atoms with Crippen LogP contribution in [-0.2, 0) is 4.79 Å². The smallest absolute Gasteiger partial charge is 0.335 e. The minimum Gasteiger partial charge on any atom is -0.497 e. The van der Waals surface area contributed by atoms with Crippen molar-refractivity contribution < 1.29 is 19.4 Å². The maximum atomic E-state index is 12.3. The van der Waals surface area contributed by atoms with Crippen LogP contribution in [0.25, 0.3) is 5.69 Å². The minimum absolute atomic E-state index is 0.106. The number of carboxylic acid groups (broad SMARTS) is 1. The number of hydrogen-bond donors (Lipinski definition) is 2. The van der Waals surface area contributed by atoms with Gasteiger partial charge in [0, 0.05) is 18.0 Å². The highest BCUT2D eigenvalue weighted by atomic mass is 16.5. The highest BCUT2D eigenvalue weighted by molar-refractivity contribution is 5.94. The normalized spacial score (nSPS) is 15.7. The lowest BCUT2D eigenvalue weighted by atomic mass is 9.89. The number of anilines is 1. The van der Waals surface area contributed by atoms with Crippen LogP contribution in [0.2, 0.25) is 0 Å². The molecular weight excluding hydrogens is 346 g/mol. The fourth-order valence-electron chi connectivity index (χ4n) is 3.28. The van der Waals surface area contributed by atoms with Gasteiger partial charge in [-0.25, -0.2) is 9.78 Å². The van der Waals surface area contributed by atoms with Crippen LogP contribution in [0.15, 0.2) is 54.9 Å². The summed E-state index contributed by atoms with van der Waals surface area (Å²) in [6.07, 6.45) is 1.94. The molecule has 0 bridgehead atoms. The van der Waals surface area contributed by atoms with Gasteiger partial charge in [-0.2, -0.15) is 0 Å². The van der Waals surface area contributed by atoms with Gasteiger partial charge in [0.25, 0.3) is 0 Å². The molecule has 1 aromatic heterocycles. The monoisotopic (exact) mass is 363 g/mol. The Balaban J connectivity index is 1.73. The number of aromatic nitrogens is 2. The number of carbonyl (C=O) groups excluding carboxylic acids is 1. The Labute approximate surface area is 155 Å². The molecule has 0 saturated carbocycles. The van der Waals surface area contributed by atoms with Crippen molar-refractivity contribution >= 4 is 17.7 Å². The number of rotatable bonds is 4. The summed E-state index contributed by atoms with van der Waals surface area (Å²) in [5, 5.41) is 12.0. The Kier molecular flexibility index (Phi) is 4.12. The van der Waals surface area contributed by atoms with Gasteiger partial charge < -0.3 is 15.2 Å². The molecule has 0 aliphatic carbocycles. The van der Waals surface area contributed by atoms with Crippen LogP contribution in [-0.4, -0.2) is 33.6 Å². The first kappa shape index (κ1) is 16.8. The summed E-state index contributed by atoms with van der Waals surface area (Å²) in [7, 11) is 1.61. The van der Waals surface area contributed by atoms with Gasteiger partial charge in [0.1, 0.15) is 17.9 Å². The van der Waals surface area contributed by atoms with Crippen LogP contribution in [0.1, 0.15) is 34.0 Å². The van der Waals surface area contributed by atoms with Crippen molar-refractivity contribution in [3.8, 4) is 11.4 Å². The number of carbonyl (C=O) groups is 2. The predicted octanol–water partition coefficient (Wildman–Crippen LogP) is 3.05. The summed E-state index contributed by atoms with van der Waals surface area (Å²) < 4.78 is 7.01. The van der Waals surface area contributed by atoms with Gasteiger partial charge in [-0.3, -0.25) is 9.36 Å². The maximum Gasteiger partial charge on any atom is 0.335 e. The molecule has 1 unspecified atom stereocenters. The van der Waals surface area contributed by atoms with Crippen molar-refractivity contribution in [1.82, 2.24) is 9.55 Å². The molecule has 1 aliphatic rings. The Hall–Kier alpha value is -3.61. The third kappa shape index (κ3) is 3.03. The molecule has 27 heavy (non-hydrogen) atoms. The molecule has 2 aromatic carbocycles. The molecule has 0 spiro atoms. The lowest BCUT2D eigenvalue weighted by molar-refractivity contribution is -0.116. The van der Waals surface area contributed by atoms with Crippen molar-refractivity contribution in [3.05, 3.63) is 71.7 Å². The molecule has 1 amide bonds. The zero-order valence-corrected chi connectivity index (χ0v) is 14.5. The zero-order chi connectivity index (χ0) is 19.0. The first-order valence-electron chi connectivity index (χ1n) is 8.41. The summed E-state index contributed by atoms with van der Waals surface area (Å²) in [5.74, 6) is 0.0606. The number of nitrogens with one attached hydrogen (secondary N) is 1. The Morgan fingerprint density at radius 2 is 1.89 bits per heavy atom. The van der Waals surface area contributed by atoms with Crippen molar-refractivity contribution in [1.29, 1.82) is 0 Å². The summed E-state index contributed by atoms with van der Waals surface area (Å²) in [4.78, 5) is 27.9. The quantitative estimate of drug-likeness (QED) is 0.743. The summed E-state index contributed by atoms with van der Waals surface area (Å²) >= 11 is 0. The molecule has 7 nitrogen and oxygen atoms in total. The number of imidazole rings is 1. The van der Waals surface area contributed by atoms with Gasteiger partial charge in [0.2, 0.25) is 5.91 Å². The van der Waals surface area contributed by atoms with Crippen molar-refractivity contribution in [2.45, 2.75) is 12.3 Å². The van der Waals surface area contributed by atoms with E-state index in [9.17, 15) is 9.59 Å². The third-order valence-corrected chi connectivity index (χ3v) is 4.68. The average Bonchev–Trinajstić information content (AvgIpc) is 3.11. The molecule has 2 N–H and O–H groups in total. The molecule has 2 heterocycles. The van der Waals surface area contributed by atoms with Gasteiger partial charge in [0.15, 0.2) is 0 Å². The zero-order valence-electron chi connectivity index (χ0n) is 14.5. The third-order valence-electron chi connectivity index (χ3n) is 4.68. The number of aromatic carboxylic acids is 1. The van der Waals surface area contributed by atoms with Crippen LogP contribution in [0.3, 0.4) is 0 Å². The summed E-state index contributed by atoms with van der Waals surface area (Å²) in [6.45, 7) is 0. The molecule has 1 aliphatic heterocycles. The van der Waals surface area contributed by atoms with E-state index in [-0.39, 0.29) is 23.8 Å². The Morgan fingerprint density at radius 1 is 1.19 bits per heavy atom. The second-order valence-corrected chi connectivity index (χ2v) is 6.28. The first-order chi connectivity index (χ1) is 13.1. The maximum absolute atomic E-state index is 12.3. The first-order valence-corrected chi connectivity index (χ1v) is 8.41. The minimum atomic E-state index is -0.979. The molecule has 0 radical (unpaired) electrons. The fraction of sp³-hybridized carbons (Fsp3) is 0.150. The highest BCUT2D eigenvalue weighted by Gasteiger charge is 2.31. The van der Waals surface area contributed by atoms with E-state index < -0.39 is 5.97 Å². The van der Waals surface area contributed by atoms with E-state index in [1.165, 1.54) is 0 Å². The van der Waals surface area contributed by atoms with Crippen molar-refractivity contribution in [2.75, 3.05) is 12.4 Å². The van der Waals surface area contributed by atoms with E-state index in [2.05, 4.69) is 10.3 Å². The topological polar surface area (TPSA) is 93.5 Å². The number of fused-ring (bicyclic) bond motifs is 1. The van der Waals surface area contributed by atoms with E-state index in [1.807, 2.05) is 28.8 Å². The van der Waals surface area contributed by atoms with E-state index in [1.54, 1.807) is 37.7 Å². The van der Waals surface area contributed by atoms with Gasteiger partial charge in [0.05, 0.1) is 18.4 Å². The second kappa shape index (κ2) is 6.60. The number of amides is 1. The van der Waals surface area contributed by atoms with Crippen molar-refractivity contribution in [3.63, 3.8) is 0 Å².